The molecule has 1 aliphatic carbocycles. The molecule has 0 amide bonds. The van der Waals surface area contributed by atoms with Gasteiger partial charge in [-0.3, -0.25) is 0 Å². The minimum Gasteiger partial charge on any atom is -0.493 e. The van der Waals surface area contributed by atoms with Crippen molar-refractivity contribution >= 4 is 11.6 Å². The fourth-order valence-corrected chi connectivity index (χ4v) is 4.07. The van der Waals surface area contributed by atoms with Crippen molar-refractivity contribution in [2.75, 3.05) is 6.61 Å². The second-order valence-electron chi connectivity index (χ2n) is 7.18. The molecule has 2 rings (SSSR count). The topological polar surface area (TPSA) is 49.7 Å². The van der Waals surface area contributed by atoms with Crippen molar-refractivity contribution in [3.63, 3.8) is 0 Å². The molecule has 1 fully saturated rings. The Bertz CT molecular complexity index is 549. The standard InChI is InChI=1S/C22H32ClO3.Y/c1-3-5-6-7-9-18-19(22(25)14-20(18)23)15-26-17-12-10-16(11-13-17)21(24)8-4-2;/h6-7,10-13,18-22,24-25H,1,3-5,8-9,14-15H2,2H3;/q-1;/b7-6-;/t18-,19-,20-,21?,22-;/m1./s1. The van der Waals surface area contributed by atoms with Gasteiger partial charge in [0, 0.05) is 44.0 Å². The van der Waals surface area contributed by atoms with Crippen LogP contribution in [0.15, 0.2) is 36.4 Å². The van der Waals surface area contributed by atoms with E-state index in [0.717, 1.165) is 43.4 Å². The van der Waals surface area contributed by atoms with Crippen molar-refractivity contribution in [3.05, 3.63) is 48.9 Å². The molecule has 5 atom stereocenters. The first-order chi connectivity index (χ1) is 12.6. The van der Waals surface area contributed by atoms with Crippen LogP contribution in [0.1, 0.15) is 57.1 Å². The molecule has 0 heterocycles. The van der Waals surface area contributed by atoms with Crippen LogP contribution >= 0.6 is 11.6 Å². The Balaban J connectivity index is 0.00000364. The number of hydrogen-bond acceptors (Lipinski definition) is 3. The van der Waals surface area contributed by atoms with Crippen molar-refractivity contribution in [1.29, 1.82) is 0 Å². The van der Waals surface area contributed by atoms with E-state index in [-0.39, 0.29) is 49.9 Å². The van der Waals surface area contributed by atoms with E-state index in [1.807, 2.05) is 24.3 Å². The minimum absolute atomic E-state index is 0. The minimum atomic E-state index is -0.422. The van der Waals surface area contributed by atoms with Gasteiger partial charge in [-0.1, -0.05) is 44.1 Å². The molecule has 0 aliphatic heterocycles. The number of alkyl halides is 1. The molecule has 0 spiro atoms. The van der Waals surface area contributed by atoms with E-state index in [1.165, 1.54) is 0 Å². The number of halogens is 1. The summed E-state index contributed by atoms with van der Waals surface area (Å²) < 4.78 is 5.93. The summed E-state index contributed by atoms with van der Waals surface area (Å²) in [5, 5.41) is 20.4. The van der Waals surface area contributed by atoms with Gasteiger partial charge in [0.15, 0.2) is 0 Å². The maximum Gasteiger partial charge on any atom is 0.119 e. The summed E-state index contributed by atoms with van der Waals surface area (Å²) in [7, 11) is 0. The van der Waals surface area contributed by atoms with Gasteiger partial charge in [-0.25, -0.2) is 0 Å². The van der Waals surface area contributed by atoms with Gasteiger partial charge >= 0.3 is 0 Å². The molecule has 1 aliphatic rings. The summed E-state index contributed by atoms with van der Waals surface area (Å²) in [6.45, 7) is 6.35. The van der Waals surface area contributed by atoms with Crippen molar-refractivity contribution in [1.82, 2.24) is 0 Å². The van der Waals surface area contributed by atoms with E-state index in [9.17, 15) is 10.2 Å². The molecule has 1 saturated carbocycles. The maximum absolute atomic E-state index is 10.4. The van der Waals surface area contributed by atoms with E-state index >= 15 is 0 Å². The Morgan fingerprint density at radius 2 is 1.96 bits per heavy atom. The molecular formula is C22H32ClO3Y-. The molecule has 1 unspecified atom stereocenters. The molecule has 1 aromatic rings. The fraction of sp³-hybridized carbons (Fsp3) is 0.591. The van der Waals surface area contributed by atoms with Crippen molar-refractivity contribution in [2.45, 2.75) is 63.0 Å². The number of unbranched alkanes of at least 4 members (excludes halogenated alkanes) is 1. The fourth-order valence-electron chi connectivity index (χ4n) is 3.60. The molecule has 5 heteroatoms. The third-order valence-corrected chi connectivity index (χ3v) is 5.69. The Hall–Kier alpha value is 0.0739. The second-order valence-corrected chi connectivity index (χ2v) is 7.74. The smallest absolute Gasteiger partial charge is 0.119 e. The average Bonchev–Trinajstić information content (AvgIpc) is 2.90. The summed E-state index contributed by atoms with van der Waals surface area (Å²) in [5.41, 5.74) is 0.911. The van der Waals surface area contributed by atoms with Gasteiger partial charge in [0.2, 0.25) is 0 Å². The Kier molecular flexibility index (Phi) is 12.4. The molecule has 0 bridgehead atoms. The summed E-state index contributed by atoms with van der Waals surface area (Å²) in [6.07, 6.45) is 8.50. The predicted molar refractivity (Wildman–Crippen MR) is 107 cm³/mol. The van der Waals surface area contributed by atoms with Crippen molar-refractivity contribution in [2.24, 2.45) is 11.8 Å². The number of allylic oxidation sites excluding steroid dienone is 2. The quantitative estimate of drug-likeness (QED) is 0.287. The zero-order chi connectivity index (χ0) is 18.9. The first-order valence-electron chi connectivity index (χ1n) is 9.74. The first-order valence-corrected chi connectivity index (χ1v) is 10.2. The number of benzene rings is 1. The molecule has 0 saturated heterocycles. The number of ether oxygens (including phenoxy) is 1. The van der Waals surface area contributed by atoms with E-state index in [4.69, 9.17) is 16.3 Å². The predicted octanol–water partition coefficient (Wildman–Crippen LogP) is 5.06. The second kappa shape index (κ2) is 13.3. The largest absolute Gasteiger partial charge is 0.493 e. The number of rotatable bonds is 10. The maximum atomic E-state index is 10.4. The van der Waals surface area contributed by atoms with Crippen LogP contribution in [0.4, 0.5) is 0 Å². The monoisotopic (exact) mass is 468 g/mol. The van der Waals surface area contributed by atoms with Crippen LogP contribution in [0.25, 0.3) is 0 Å². The molecule has 0 aromatic heterocycles. The van der Waals surface area contributed by atoms with Crippen LogP contribution in [-0.2, 0) is 32.7 Å². The Morgan fingerprint density at radius 1 is 1.26 bits per heavy atom. The van der Waals surface area contributed by atoms with Crippen LogP contribution in [0, 0.1) is 18.8 Å². The van der Waals surface area contributed by atoms with Crippen LogP contribution in [-0.4, -0.2) is 28.3 Å². The van der Waals surface area contributed by atoms with Gasteiger partial charge in [-0.05, 0) is 42.9 Å². The summed E-state index contributed by atoms with van der Waals surface area (Å²) in [6, 6.07) is 7.59. The zero-order valence-corrected chi connectivity index (χ0v) is 19.9. The van der Waals surface area contributed by atoms with Gasteiger partial charge in [-0.15, -0.1) is 11.6 Å². The molecule has 1 radical (unpaired) electrons. The van der Waals surface area contributed by atoms with Gasteiger partial charge in [0.25, 0.3) is 0 Å². The average molecular weight is 469 g/mol. The van der Waals surface area contributed by atoms with Crippen LogP contribution < -0.4 is 4.74 Å². The first kappa shape index (κ1) is 25.1. The normalized spacial score (nSPS) is 26.1. The molecule has 2 N–H and O–H groups in total. The number of aliphatic hydroxyl groups excluding tert-OH is 2. The summed E-state index contributed by atoms with van der Waals surface area (Å²) in [4.78, 5) is 0. The van der Waals surface area contributed by atoms with E-state index in [2.05, 4.69) is 26.0 Å². The SMILES string of the molecule is [CH2-]CC/C=C\C[C@@H]1[C@@H](COc2ccc(C(O)CCC)cc2)[C@H](O)C[C@H]1Cl.[Y]. The molecule has 149 valence electrons. The summed E-state index contributed by atoms with van der Waals surface area (Å²) >= 11 is 6.46. The van der Waals surface area contributed by atoms with Gasteiger partial charge < -0.3 is 21.9 Å². The van der Waals surface area contributed by atoms with E-state index in [1.54, 1.807) is 0 Å². The third kappa shape index (κ3) is 7.78. The van der Waals surface area contributed by atoms with Gasteiger partial charge in [-0.2, -0.15) is 6.42 Å². The van der Waals surface area contributed by atoms with E-state index < -0.39 is 12.2 Å². The number of aliphatic hydroxyl groups is 2. The van der Waals surface area contributed by atoms with Crippen molar-refractivity contribution in [3.8, 4) is 5.75 Å². The van der Waals surface area contributed by atoms with Crippen LogP contribution in [0.3, 0.4) is 0 Å². The molecule has 27 heavy (non-hydrogen) atoms. The summed E-state index contributed by atoms with van der Waals surface area (Å²) in [5.74, 6) is 1.01. The van der Waals surface area contributed by atoms with Crippen LogP contribution in [0.2, 0.25) is 0 Å². The van der Waals surface area contributed by atoms with Crippen molar-refractivity contribution < 1.29 is 47.7 Å². The molecule has 1 aromatic carbocycles. The van der Waals surface area contributed by atoms with Crippen LogP contribution in [0.5, 0.6) is 5.75 Å². The van der Waals surface area contributed by atoms with Gasteiger partial charge in [0.1, 0.15) is 5.75 Å². The molecular weight excluding hydrogens is 437 g/mol. The molecule has 3 nitrogen and oxygen atoms in total. The Labute approximate surface area is 194 Å². The third-order valence-electron chi connectivity index (χ3n) is 5.19. The van der Waals surface area contributed by atoms with Gasteiger partial charge in [0.05, 0.1) is 18.8 Å². The Morgan fingerprint density at radius 3 is 2.59 bits per heavy atom. The number of hydrogen-bond donors (Lipinski definition) is 2. The van der Waals surface area contributed by atoms with E-state index in [0.29, 0.717) is 13.0 Å². The zero-order valence-electron chi connectivity index (χ0n) is 16.3.